The van der Waals surface area contributed by atoms with Crippen molar-refractivity contribution in [3.8, 4) is 5.75 Å². The Hall–Kier alpha value is -1.13. The molecule has 2 N–H and O–H groups in total. The fourth-order valence-corrected chi connectivity index (χ4v) is 2.43. The van der Waals surface area contributed by atoms with Gasteiger partial charge < -0.3 is 0 Å². The smallest absolute Gasteiger partial charge is 0.299 e. The predicted molar refractivity (Wildman–Crippen MR) is 57.6 cm³/mol. The van der Waals surface area contributed by atoms with Gasteiger partial charge in [0.05, 0.1) is 12.2 Å². The van der Waals surface area contributed by atoms with E-state index in [1.54, 1.807) is 0 Å². The van der Waals surface area contributed by atoms with E-state index in [1.807, 2.05) is 0 Å². The number of hydrogen-bond donors (Lipinski definition) is 2. The monoisotopic (exact) mass is 245 g/mol. The summed E-state index contributed by atoms with van der Waals surface area (Å²) < 4.78 is 16.5. The lowest BCUT2D eigenvalue weighted by Crippen LogP contribution is -2.24. The maximum absolute atomic E-state index is 11.8. The van der Waals surface area contributed by atoms with Crippen molar-refractivity contribution in [3.05, 3.63) is 16.6 Å². The van der Waals surface area contributed by atoms with Crippen molar-refractivity contribution in [1.82, 2.24) is 9.78 Å². The Bertz CT molecular complexity index is 433. The summed E-state index contributed by atoms with van der Waals surface area (Å²) in [6, 6.07) is 0.162. The van der Waals surface area contributed by atoms with Gasteiger partial charge >= 0.3 is 13.8 Å². The van der Waals surface area contributed by atoms with Gasteiger partial charge in [0.25, 0.3) is 5.75 Å². The van der Waals surface area contributed by atoms with E-state index in [0.29, 0.717) is 0 Å². The van der Waals surface area contributed by atoms with E-state index < -0.39 is 8.25 Å². The van der Waals surface area contributed by atoms with Gasteiger partial charge in [0, 0.05) is 4.57 Å². The highest BCUT2D eigenvalue weighted by Gasteiger charge is 2.24. The van der Waals surface area contributed by atoms with Crippen molar-refractivity contribution in [2.75, 3.05) is 0 Å². The molecule has 1 heterocycles. The van der Waals surface area contributed by atoms with Gasteiger partial charge in [-0.3, -0.25) is 9.89 Å². The molecule has 6 nitrogen and oxygen atoms in total. The average molecular weight is 245 g/mol. The fourth-order valence-electron chi connectivity index (χ4n) is 2.13. The van der Waals surface area contributed by atoms with Crippen molar-refractivity contribution in [2.45, 2.75) is 38.1 Å². The second-order valence-electron chi connectivity index (χ2n) is 3.93. The van der Waals surface area contributed by atoms with Crippen LogP contribution in [0.3, 0.4) is 0 Å². The van der Waals surface area contributed by atoms with E-state index in [1.165, 1.54) is 17.3 Å². The Kier molecular flexibility index (Phi) is 3.41. The molecule has 0 bridgehead atoms. The Morgan fingerprint density at radius 3 is 2.75 bits per heavy atom. The largest absolute Gasteiger partial charge is 0.747 e. The average Bonchev–Trinajstić information content (AvgIpc) is 2.61. The summed E-state index contributed by atoms with van der Waals surface area (Å²) >= 11 is 0. The minimum Gasteiger partial charge on any atom is -0.299 e. The molecular weight excluding hydrogens is 231 g/mol. The van der Waals surface area contributed by atoms with Gasteiger partial charge in [0.1, 0.15) is 0 Å². The second kappa shape index (κ2) is 4.80. The lowest BCUT2D eigenvalue weighted by molar-refractivity contribution is 0.321. The third-order valence-electron chi connectivity index (χ3n) is 2.88. The maximum atomic E-state index is 11.8. The van der Waals surface area contributed by atoms with Crippen LogP contribution in [0.1, 0.15) is 38.1 Å². The normalized spacial score (nSPS) is 18.4. The Morgan fingerprint density at radius 1 is 1.44 bits per heavy atom. The maximum Gasteiger partial charge on any atom is 0.747 e. The van der Waals surface area contributed by atoms with Crippen LogP contribution >= 0.6 is 8.25 Å². The predicted octanol–water partition coefficient (Wildman–Crippen LogP) is 1.71. The van der Waals surface area contributed by atoms with Gasteiger partial charge in [0.15, 0.2) is 0 Å². The van der Waals surface area contributed by atoms with E-state index in [0.717, 1.165) is 25.7 Å². The molecule has 0 spiro atoms. The Labute approximate surface area is 93.2 Å². The SMILES string of the molecule is O=c1c(O[P+](=O)O)c[nH]n1C1CCCCC1. The van der Waals surface area contributed by atoms with Gasteiger partial charge in [-0.25, -0.2) is 9.21 Å². The van der Waals surface area contributed by atoms with Crippen LogP contribution in [0.25, 0.3) is 0 Å². The molecule has 1 unspecified atom stereocenters. The summed E-state index contributed by atoms with van der Waals surface area (Å²) in [7, 11) is -2.78. The van der Waals surface area contributed by atoms with Crippen molar-refractivity contribution in [1.29, 1.82) is 0 Å². The first-order valence-corrected chi connectivity index (χ1v) is 6.45. The molecule has 1 aliphatic carbocycles. The van der Waals surface area contributed by atoms with Crippen molar-refractivity contribution in [2.24, 2.45) is 0 Å². The number of hydrogen-bond acceptors (Lipinski definition) is 3. The molecule has 0 aliphatic heterocycles. The van der Waals surface area contributed by atoms with E-state index in [4.69, 9.17) is 4.89 Å². The van der Waals surface area contributed by atoms with Crippen LogP contribution in [0.5, 0.6) is 5.75 Å². The third-order valence-corrected chi connectivity index (χ3v) is 3.23. The standard InChI is InChI=1S/C9H13N2O4P/c12-9-8(15-16(13)14)6-10-11(9)7-4-2-1-3-5-7/h6-7H,1-5H2,(H-,10,12,13,14)/p+1. The fraction of sp³-hybridized carbons (Fsp3) is 0.667. The Morgan fingerprint density at radius 2 is 2.12 bits per heavy atom. The van der Waals surface area contributed by atoms with Crippen molar-refractivity contribution >= 4 is 8.25 Å². The van der Waals surface area contributed by atoms with Crippen LogP contribution < -0.4 is 10.1 Å². The van der Waals surface area contributed by atoms with E-state index in [2.05, 4.69) is 9.62 Å². The van der Waals surface area contributed by atoms with Gasteiger partial charge in [0.2, 0.25) is 0 Å². The van der Waals surface area contributed by atoms with Gasteiger partial charge in [-0.2, -0.15) is 0 Å². The van der Waals surface area contributed by atoms with Gasteiger partial charge in [-0.05, 0) is 12.8 Å². The minimum absolute atomic E-state index is 0.0887. The van der Waals surface area contributed by atoms with E-state index in [-0.39, 0.29) is 17.4 Å². The zero-order valence-corrected chi connectivity index (χ0v) is 9.65. The minimum atomic E-state index is -2.78. The first-order valence-electron chi connectivity index (χ1n) is 5.32. The van der Waals surface area contributed by atoms with Crippen LogP contribution in [0, 0.1) is 0 Å². The lowest BCUT2D eigenvalue weighted by atomic mass is 9.96. The van der Waals surface area contributed by atoms with Crippen LogP contribution in [0.4, 0.5) is 0 Å². The number of nitrogens with zero attached hydrogens (tertiary/aromatic N) is 1. The molecule has 16 heavy (non-hydrogen) atoms. The first kappa shape index (κ1) is 11.4. The molecular formula is C9H14N2O4P+. The quantitative estimate of drug-likeness (QED) is 0.794. The molecule has 0 amide bonds. The number of aromatic nitrogens is 2. The molecule has 1 saturated carbocycles. The first-order chi connectivity index (χ1) is 7.68. The van der Waals surface area contributed by atoms with Gasteiger partial charge in [-0.1, -0.05) is 19.3 Å². The molecule has 88 valence electrons. The van der Waals surface area contributed by atoms with Crippen molar-refractivity contribution < 1.29 is 14.0 Å². The molecule has 0 radical (unpaired) electrons. The van der Waals surface area contributed by atoms with E-state index in [9.17, 15) is 9.36 Å². The summed E-state index contributed by atoms with van der Waals surface area (Å²) in [5.41, 5.74) is -0.357. The lowest BCUT2D eigenvalue weighted by Gasteiger charge is -2.21. The van der Waals surface area contributed by atoms with Crippen LogP contribution in [-0.2, 0) is 4.57 Å². The second-order valence-corrected chi connectivity index (χ2v) is 4.59. The molecule has 0 aromatic carbocycles. The number of nitrogens with one attached hydrogen (secondary N) is 1. The zero-order valence-electron chi connectivity index (χ0n) is 8.76. The highest BCUT2D eigenvalue weighted by molar-refractivity contribution is 7.32. The Balaban J connectivity index is 2.18. The molecule has 1 aromatic heterocycles. The zero-order chi connectivity index (χ0) is 11.5. The summed E-state index contributed by atoms with van der Waals surface area (Å²) in [5, 5.41) is 2.79. The molecule has 2 rings (SSSR count). The molecule has 0 saturated heterocycles. The third kappa shape index (κ3) is 2.33. The van der Waals surface area contributed by atoms with Crippen LogP contribution in [0.15, 0.2) is 11.0 Å². The highest BCUT2D eigenvalue weighted by atomic mass is 31.1. The van der Waals surface area contributed by atoms with Crippen LogP contribution in [-0.4, -0.2) is 14.7 Å². The number of H-pyrrole nitrogens is 1. The van der Waals surface area contributed by atoms with Crippen LogP contribution in [0.2, 0.25) is 0 Å². The molecule has 1 aromatic rings. The molecule has 7 heteroatoms. The molecule has 1 atom stereocenters. The number of aromatic amines is 1. The molecule has 1 aliphatic rings. The summed E-state index contributed by atoms with van der Waals surface area (Å²) in [6.45, 7) is 0. The van der Waals surface area contributed by atoms with Gasteiger partial charge in [-0.15, -0.1) is 4.89 Å². The topological polar surface area (TPSA) is 84.3 Å². The van der Waals surface area contributed by atoms with Crippen molar-refractivity contribution in [3.63, 3.8) is 0 Å². The van der Waals surface area contributed by atoms with E-state index >= 15 is 0 Å². The number of rotatable bonds is 3. The summed E-state index contributed by atoms with van der Waals surface area (Å²) in [4.78, 5) is 20.3. The summed E-state index contributed by atoms with van der Waals surface area (Å²) in [6.07, 6.45) is 6.69. The highest BCUT2D eigenvalue weighted by Crippen LogP contribution is 2.27. The molecule has 1 fully saturated rings. The summed E-state index contributed by atoms with van der Waals surface area (Å²) in [5.74, 6) is -0.0887.